The van der Waals surface area contributed by atoms with Gasteiger partial charge in [0, 0.05) is 22.8 Å². The maximum Gasteiger partial charge on any atom is 0.290 e. The molecule has 1 heterocycles. The van der Waals surface area contributed by atoms with Crippen LogP contribution >= 0.6 is 24.2 Å². The van der Waals surface area contributed by atoms with Crippen molar-refractivity contribution in [2.45, 2.75) is 59.4 Å². The second-order valence-electron chi connectivity index (χ2n) is 8.85. The highest BCUT2D eigenvalue weighted by atomic mass is 32.1. The Bertz CT molecular complexity index is 824. The average molecular weight is 418 g/mol. The Morgan fingerprint density at radius 2 is 2.00 bits per heavy atom. The molecule has 0 unspecified atom stereocenters. The first-order valence-electron chi connectivity index (χ1n) is 10.1. The van der Waals surface area contributed by atoms with Crippen LogP contribution in [0.25, 0.3) is 10.4 Å². The Morgan fingerprint density at radius 3 is 2.68 bits per heavy atom. The van der Waals surface area contributed by atoms with Gasteiger partial charge in [0.15, 0.2) is 0 Å². The number of nitrogens with zero attached hydrogens (tertiary/aromatic N) is 1. The first kappa shape index (κ1) is 21.4. The summed E-state index contributed by atoms with van der Waals surface area (Å²) in [7, 11) is 0. The number of carbonyl (C=O) groups is 1. The molecule has 0 atom stereocenters. The van der Waals surface area contributed by atoms with E-state index in [1.165, 1.54) is 53.7 Å². The second-order valence-corrected chi connectivity index (χ2v) is 10.5. The molecule has 3 nitrogen and oxygen atoms in total. The van der Waals surface area contributed by atoms with Crippen LogP contribution in [-0.2, 0) is 24.2 Å². The van der Waals surface area contributed by atoms with Crippen molar-refractivity contribution in [3.8, 4) is 10.4 Å². The lowest BCUT2D eigenvalue weighted by atomic mass is 9.76. The fourth-order valence-electron chi connectivity index (χ4n) is 4.06. The summed E-state index contributed by atoms with van der Waals surface area (Å²) in [4.78, 5) is 11.5. The Hall–Kier alpha value is -1.30. The topological polar surface area (TPSA) is 40.5 Å². The molecule has 1 fully saturated rings. The largest absolute Gasteiger partial charge is 0.483 e. The van der Waals surface area contributed by atoms with Crippen molar-refractivity contribution >= 4 is 30.6 Å². The van der Waals surface area contributed by atoms with E-state index in [0.29, 0.717) is 5.41 Å². The number of carboxylic acid groups (broad SMARTS) is 1. The van der Waals surface area contributed by atoms with Gasteiger partial charge in [0.1, 0.15) is 0 Å². The summed E-state index contributed by atoms with van der Waals surface area (Å²) < 4.78 is 2.21. The zero-order valence-electron chi connectivity index (χ0n) is 17.1. The van der Waals surface area contributed by atoms with Crippen molar-refractivity contribution in [1.82, 2.24) is 4.31 Å². The lowest BCUT2D eigenvalue weighted by molar-refractivity contribution is -0.122. The summed E-state index contributed by atoms with van der Waals surface area (Å²) in [5.74, 6) is 0.877. The molecule has 28 heavy (non-hydrogen) atoms. The van der Waals surface area contributed by atoms with E-state index in [0.717, 1.165) is 19.0 Å². The van der Waals surface area contributed by atoms with Crippen molar-refractivity contribution in [2.75, 3.05) is 6.54 Å². The molecular formula is C23H31NO2S2. The fourth-order valence-corrected chi connectivity index (χ4v) is 5.82. The van der Waals surface area contributed by atoms with Crippen molar-refractivity contribution in [2.24, 2.45) is 11.3 Å². The molecule has 2 aliphatic carbocycles. The highest BCUT2D eigenvalue weighted by molar-refractivity contribution is 7.77. The van der Waals surface area contributed by atoms with E-state index in [2.05, 4.69) is 49.3 Å². The summed E-state index contributed by atoms with van der Waals surface area (Å²) in [5.41, 5.74) is 6.44. The third kappa shape index (κ3) is 5.19. The number of rotatable bonds is 5. The minimum atomic E-state index is -0.250. The molecule has 1 aromatic heterocycles. The molecule has 4 rings (SSSR count). The molecule has 0 aliphatic heterocycles. The van der Waals surface area contributed by atoms with Crippen molar-refractivity contribution < 1.29 is 9.90 Å². The van der Waals surface area contributed by atoms with E-state index in [-0.39, 0.29) is 6.47 Å². The molecule has 1 saturated carbocycles. The molecule has 0 radical (unpaired) electrons. The molecule has 0 amide bonds. The summed E-state index contributed by atoms with van der Waals surface area (Å²) in [6, 6.07) is 8.95. The fraction of sp³-hybridized carbons (Fsp3) is 0.522. The maximum absolute atomic E-state index is 8.36. The minimum absolute atomic E-state index is 0.250. The van der Waals surface area contributed by atoms with Gasteiger partial charge in [-0.2, -0.15) is 0 Å². The summed E-state index contributed by atoms with van der Waals surface area (Å²) in [6.07, 6.45) is 6.55. The van der Waals surface area contributed by atoms with Gasteiger partial charge in [-0.25, -0.2) is 4.31 Å². The third-order valence-electron chi connectivity index (χ3n) is 5.82. The molecule has 5 heteroatoms. The highest BCUT2D eigenvalue weighted by Gasteiger charge is 2.30. The van der Waals surface area contributed by atoms with Crippen LogP contribution in [0, 0.1) is 18.3 Å². The van der Waals surface area contributed by atoms with Crippen LogP contribution in [0.3, 0.4) is 0 Å². The predicted molar refractivity (Wildman–Crippen MR) is 121 cm³/mol. The summed E-state index contributed by atoms with van der Waals surface area (Å²) in [5, 5.41) is 6.89. The zero-order valence-corrected chi connectivity index (χ0v) is 18.8. The second kappa shape index (κ2) is 9.02. The lowest BCUT2D eigenvalue weighted by Crippen LogP contribution is -2.21. The van der Waals surface area contributed by atoms with Gasteiger partial charge in [0.2, 0.25) is 0 Å². The van der Waals surface area contributed by atoms with Gasteiger partial charge in [0.25, 0.3) is 6.47 Å². The van der Waals surface area contributed by atoms with E-state index in [4.69, 9.17) is 22.7 Å². The van der Waals surface area contributed by atoms with E-state index in [1.807, 2.05) is 11.3 Å². The first-order chi connectivity index (χ1) is 13.3. The van der Waals surface area contributed by atoms with E-state index < -0.39 is 0 Å². The summed E-state index contributed by atoms with van der Waals surface area (Å²) >= 11 is 6.78. The monoisotopic (exact) mass is 417 g/mol. The predicted octanol–water partition coefficient (Wildman–Crippen LogP) is 6.00. The van der Waals surface area contributed by atoms with Crippen LogP contribution in [-0.4, -0.2) is 22.4 Å². The van der Waals surface area contributed by atoms with Gasteiger partial charge in [0.05, 0.1) is 0 Å². The normalized spacial score (nSPS) is 17.6. The van der Waals surface area contributed by atoms with Gasteiger partial charge >= 0.3 is 0 Å². The number of hydrogen-bond acceptors (Lipinski definition) is 4. The molecule has 0 saturated heterocycles. The number of aryl methyl sites for hydroxylation is 1. The van der Waals surface area contributed by atoms with Crippen LogP contribution in [0.1, 0.15) is 54.7 Å². The van der Waals surface area contributed by atoms with Crippen LogP contribution < -0.4 is 0 Å². The van der Waals surface area contributed by atoms with Gasteiger partial charge in [-0.3, -0.25) is 4.79 Å². The molecule has 2 aliphatic rings. The van der Waals surface area contributed by atoms with E-state index in [1.54, 1.807) is 10.4 Å². The van der Waals surface area contributed by atoms with Crippen LogP contribution in [0.2, 0.25) is 0 Å². The van der Waals surface area contributed by atoms with Crippen molar-refractivity contribution in [3.63, 3.8) is 0 Å². The molecule has 1 N–H and O–H groups in total. The lowest BCUT2D eigenvalue weighted by Gasteiger charge is -2.29. The number of benzene rings is 1. The Labute approximate surface area is 178 Å². The van der Waals surface area contributed by atoms with Crippen LogP contribution in [0.5, 0.6) is 0 Å². The number of thiol groups is 1. The summed E-state index contributed by atoms with van der Waals surface area (Å²) in [6.45, 7) is 8.97. The Morgan fingerprint density at radius 1 is 1.32 bits per heavy atom. The molecule has 0 bridgehead atoms. The SMILES string of the molecule is Cc1c(-c2ccccc2CN(S)CC2CC2)sc2c1CC(C)(C)CC2.O=CO. The van der Waals surface area contributed by atoms with E-state index >= 15 is 0 Å². The van der Waals surface area contributed by atoms with Crippen LogP contribution in [0.4, 0.5) is 0 Å². The van der Waals surface area contributed by atoms with Crippen molar-refractivity contribution in [3.05, 3.63) is 45.8 Å². The maximum atomic E-state index is 8.36. The quantitative estimate of drug-likeness (QED) is 0.463. The molecular weight excluding hydrogens is 386 g/mol. The smallest absolute Gasteiger partial charge is 0.290 e. The van der Waals surface area contributed by atoms with Crippen molar-refractivity contribution in [1.29, 1.82) is 0 Å². The molecule has 2 aromatic rings. The number of fused-ring (bicyclic) bond motifs is 1. The Balaban J connectivity index is 0.000000706. The minimum Gasteiger partial charge on any atom is -0.483 e. The average Bonchev–Trinajstić information content (AvgIpc) is 3.39. The number of thiophene rings is 1. The van der Waals surface area contributed by atoms with Gasteiger partial charge < -0.3 is 5.11 Å². The van der Waals surface area contributed by atoms with Crippen LogP contribution in [0.15, 0.2) is 24.3 Å². The van der Waals surface area contributed by atoms with E-state index in [9.17, 15) is 0 Å². The van der Waals surface area contributed by atoms with Gasteiger partial charge in [-0.15, -0.1) is 11.3 Å². The molecule has 152 valence electrons. The molecule has 0 spiro atoms. The highest BCUT2D eigenvalue weighted by Crippen LogP contribution is 2.45. The number of hydrogen-bond donors (Lipinski definition) is 2. The standard InChI is InChI=1S/C22H29NS2.CH2O2/c1-15-19-12-22(2,3)11-10-20(19)25-21(15)18-7-5-4-6-17(18)14-23(24)13-16-8-9-16;2-1-3/h4-7,16,24H,8-14H2,1-3H3;1H,(H,2,3). The third-order valence-corrected chi connectivity index (χ3v) is 7.55. The Kier molecular flexibility index (Phi) is 6.89. The van der Waals surface area contributed by atoms with Gasteiger partial charge in [-0.05, 0) is 72.6 Å². The van der Waals surface area contributed by atoms with Gasteiger partial charge in [-0.1, -0.05) is 50.9 Å². The molecule has 1 aromatic carbocycles. The zero-order chi connectivity index (χ0) is 20.3. The first-order valence-corrected chi connectivity index (χ1v) is 11.3.